The van der Waals surface area contributed by atoms with Crippen LogP contribution in [0.5, 0.6) is 0 Å². The number of carbonyl (C=O) groups excluding carboxylic acids is 4. The molecule has 0 aliphatic heterocycles. The lowest BCUT2D eigenvalue weighted by Crippen LogP contribution is -2.51. The van der Waals surface area contributed by atoms with Crippen LogP contribution < -0.4 is 15.4 Å². The summed E-state index contributed by atoms with van der Waals surface area (Å²) in [6.45, 7) is 15.7. The number of nitrogens with one attached hydrogen (secondary N) is 3. The number of esters is 2. The molecular formula is C40H59BrN6O16S2. The summed E-state index contributed by atoms with van der Waals surface area (Å²) in [5, 5.41) is 28.0. The smallest absolute Gasteiger partial charge is 0.408 e. The lowest BCUT2D eigenvalue weighted by molar-refractivity contribution is -0.388. The van der Waals surface area contributed by atoms with Gasteiger partial charge >= 0.3 is 24.1 Å². The van der Waals surface area contributed by atoms with Gasteiger partial charge in [0, 0.05) is 37.1 Å². The number of ether oxygens (including phenoxy) is 4. The average Bonchev–Trinajstić information content (AvgIpc) is 3.22. The van der Waals surface area contributed by atoms with Gasteiger partial charge in [0.15, 0.2) is 9.79 Å². The van der Waals surface area contributed by atoms with Crippen molar-refractivity contribution < 1.29 is 64.8 Å². The van der Waals surface area contributed by atoms with Gasteiger partial charge in [0.05, 0.1) is 24.1 Å². The Hall–Kier alpha value is -5.50. The van der Waals surface area contributed by atoms with Crippen LogP contribution in [0.15, 0.2) is 83.6 Å². The molecule has 22 nitrogen and oxygen atoms in total. The van der Waals surface area contributed by atoms with Crippen LogP contribution in [0, 0.1) is 20.2 Å². The first-order valence-electron chi connectivity index (χ1n) is 19.5. The van der Waals surface area contributed by atoms with Crippen molar-refractivity contribution in [2.75, 3.05) is 39.2 Å². The zero-order valence-electron chi connectivity index (χ0n) is 37.6. The van der Waals surface area contributed by atoms with E-state index in [4.69, 9.17) is 14.2 Å². The molecule has 0 aromatic heterocycles. The van der Waals surface area contributed by atoms with Crippen molar-refractivity contribution in [1.29, 1.82) is 0 Å². The Labute approximate surface area is 388 Å². The molecule has 0 unspecified atom stereocenters. The number of alkyl halides is 1. The van der Waals surface area contributed by atoms with Crippen LogP contribution in [-0.2, 0) is 48.6 Å². The number of amides is 2. The second kappa shape index (κ2) is 28.4. The number of allylic oxidation sites excluding steroid dienone is 2. The summed E-state index contributed by atoms with van der Waals surface area (Å²) >= 11 is 3.30. The van der Waals surface area contributed by atoms with Crippen molar-refractivity contribution in [3.05, 3.63) is 94.1 Å². The van der Waals surface area contributed by atoms with Crippen molar-refractivity contribution in [3.8, 4) is 0 Å². The van der Waals surface area contributed by atoms with Gasteiger partial charge in [-0.2, -0.15) is 4.31 Å². The number of nitro groups is 2. The van der Waals surface area contributed by atoms with E-state index in [-0.39, 0.29) is 6.54 Å². The summed E-state index contributed by atoms with van der Waals surface area (Å²) in [4.78, 5) is 67.7. The Morgan fingerprint density at radius 2 is 1.15 bits per heavy atom. The highest BCUT2D eigenvalue weighted by Crippen LogP contribution is 2.27. The van der Waals surface area contributed by atoms with E-state index < -0.39 is 112 Å². The lowest BCUT2D eigenvalue weighted by atomic mass is 10.2. The first-order chi connectivity index (χ1) is 30.1. The summed E-state index contributed by atoms with van der Waals surface area (Å²) < 4.78 is 73.7. The van der Waals surface area contributed by atoms with E-state index in [1.165, 1.54) is 30.7 Å². The Morgan fingerprint density at radius 3 is 1.57 bits per heavy atom. The molecule has 0 saturated carbocycles. The van der Waals surface area contributed by atoms with Gasteiger partial charge in [-0.3, -0.25) is 20.2 Å². The second-order valence-electron chi connectivity index (χ2n) is 15.2. The Morgan fingerprint density at radius 1 is 0.738 bits per heavy atom. The molecule has 2 rings (SSSR count). The number of sulfonamides is 2. The molecule has 2 atom stereocenters. The van der Waals surface area contributed by atoms with Crippen LogP contribution in [0.25, 0.3) is 0 Å². The Bertz CT molecular complexity index is 2160. The van der Waals surface area contributed by atoms with E-state index in [0.29, 0.717) is 12.8 Å². The molecule has 0 aliphatic rings. The highest BCUT2D eigenvalue weighted by atomic mass is 79.9. The standard InChI is InChI=1S/C20H29N3O8S.C15H21N3O8S.C5H9Br/c1-6-7-10-13-22(32(28,29)17-12-9-8-11-16(17)23(26)27)14-15(18(24)30-5)21-19(25)31-20(2,3)4;1-15(2,3)26-14(20)17-10(13(19)25-4)9-16-27(23,24)12-8-6-5-7-11(12)18(21)22;1-2-3-4-5-6/h6,8-9,11-12,15H,1,7,10,13-14H2,2-5H3,(H,21,25);5-8,10,16H,9H2,1-4H3,(H,17,20);2H,1,3-5H2/t15-;10-;/m00./s1. The molecule has 25 heteroatoms. The number of alkyl carbamates (subject to hydrolysis) is 2. The van der Waals surface area contributed by atoms with Gasteiger partial charge in [-0.15, -0.1) is 13.2 Å². The third-order valence-electron chi connectivity index (χ3n) is 7.61. The molecule has 0 spiro atoms. The van der Waals surface area contributed by atoms with Crippen LogP contribution in [0.2, 0.25) is 0 Å². The van der Waals surface area contributed by atoms with E-state index in [2.05, 4.69) is 49.2 Å². The first-order valence-corrected chi connectivity index (χ1v) is 23.6. The van der Waals surface area contributed by atoms with Gasteiger partial charge in [0.1, 0.15) is 23.3 Å². The van der Waals surface area contributed by atoms with Crippen molar-refractivity contribution >= 4 is 71.5 Å². The van der Waals surface area contributed by atoms with Gasteiger partial charge in [-0.1, -0.05) is 52.3 Å². The van der Waals surface area contributed by atoms with Crippen molar-refractivity contribution in [2.24, 2.45) is 0 Å². The number of unbranched alkanes of at least 4 members (excludes halogenated alkanes) is 2. The molecule has 0 saturated heterocycles. The third-order valence-corrected chi connectivity index (χ3v) is 11.6. The lowest BCUT2D eigenvalue weighted by Gasteiger charge is -2.27. The number of carbonyl (C=O) groups is 4. The fourth-order valence-corrected chi connectivity index (χ4v) is 7.97. The highest BCUT2D eigenvalue weighted by molar-refractivity contribution is 9.09. The minimum Gasteiger partial charge on any atom is -0.467 e. The molecule has 364 valence electrons. The molecule has 2 amide bonds. The third kappa shape index (κ3) is 22.8. The van der Waals surface area contributed by atoms with Crippen molar-refractivity contribution in [3.63, 3.8) is 0 Å². The molecule has 0 radical (unpaired) electrons. The van der Waals surface area contributed by atoms with Gasteiger partial charge in [0.2, 0.25) is 20.0 Å². The molecule has 0 fully saturated rings. The number of halogens is 1. The number of benzene rings is 2. The predicted octanol–water partition coefficient (Wildman–Crippen LogP) is 5.90. The SMILES string of the molecule is C=CCCCBr.C=CCCCN(C[C@H](NC(=O)OC(C)(C)C)C(=O)OC)S(=O)(=O)c1ccccc1[N+](=O)[O-].COC(=O)[C@H](CNS(=O)(=O)c1ccccc1[N+](=O)[O-])NC(=O)OC(C)(C)C. The average molecular weight is 1020 g/mol. The number of nitro benzene ring substituents is 2. The molecule has 0 heterocycles. The maximum atomic E-state index is 13.3. The predicted molar refractivity (Wildman–Crippen MR) is 243 cm³/mol. The number of para-hydroxylation sites is 2. The van der Waals surface area contributed by atoms with Crippen molar-refractivity contribution in [2.45, 2.75) is 100 Å². The van der Waals surface area contributed by atoms with Crippen molar-refractivity contribution in [1.82, 2.24) is 19.7 Å². The van der Waals surface area contributed by atoms with E-state index in [0.717, 1.165) is 54.5 Å². The Balaban J connectivity index is 0.00000113. The zero-order chi connectivity index (χ0) is 50.2. The maximum Gasteiger partial charge on any atom is 0.408 e. The van der Waals surface area contributed by atoms with Crippen LogP contribution in [0.3, 0.4) is 0 Å². The highest BCUT2D eigenvalue weighted by Gasteiger charge is 2.36. The molecule has 0 bridgehead atoms. The Kier molecular flexibility index (Phi) is 26.0. The van der Waals surface area contributed by atoms with Gasteiger partial charge in [-0.05, 0) is 79.4 Å². The first kappa shape index (κ1) is 59.5. The zero-order valence-corrected chi connectivity index (χ0v) is 40.8. The summed E-state index contributed by atoms with van der Waals surface area (Å²) in [5.74, 6) is -1.83. The fourth-order valence-electron chi connectivity index (χ4n) is 4.77. The van der Waals surface area contributed by atoms with Crippen LogP contribution in [0.4, 0.5) is 21.0 Å². The molecule has 0 aliphatic carbocycles. The van der Waals surface area contributed by atoms with E-state index in [9.17, 15) is 56.2 Å². The number of hydrogen-bond donors (Lipinski definition) is 3. The molecule has 2 aromatic carbocycles. The van der Waals surface area contributed by atoms with Gasteiger partial charge in [0.25, 0.3) is 11.4 Å². The minimum absolute atomic E-state index is 0.0795. The maximum absolute atomic E-state index is 13.3. The summed E-state index contributed by atoms with van der Waals surface area (Å²) in [7, 11) is -6.60. The quantitative estimate of drug-likeness (QED) is 0.0249. The normalized spacial score (nSPS) is 12.3. The van der Waals surface area contributed by atoms with Crippen LogP contribution in [-0.4, -0.2) is 118 Å². The number of rotatable bonds is 21. The van der Waals surface area contributed by atoms with Crippen LogP contribution in [0.1, 0.15) is 67.2 Å². The monoisotopic (exact) mass is 1020 g/mol. The summed E-state index contributed by atoms with van der Waals surface area (Å²) in [6.07, 6.45) is 4.77. The van der Waals surface area contributed by atoms with E-state index >= 15 is 0 Å². The minimum atomic E-state index is -4.41. The molecule has 65 heavy (non-hydrogen) atoms. The van der Waals surface area contributed by atoms with E-state index in [1.54, 1.807) is 47.6 Å². The largest absolute Gasteiger partial charge is 0.467 e. The van der Waals surface area contributed by atoms with Gasteiger partial charge < -0.3 is 29.6 Å². The molecular weight excluding hydrogens is 965 g/mol. The summed E-state index contributed by atoms with van der Waals surface area (Å²) in [6, 6.07) is 6.81. The number of nitrogens with zero attached hydrogens (tertiary/aromatic N) is 3. The second-order valence-corrected chi connectivity index (χ2v) is 19.6. The molecule has 2 aromatic rings. The molecule has 3 N–H and O–H groups in total. The number of hydrogen-bond acceptors (Lipinski definition) is 16. The van der Waals surface area contributed by atoms with Gasteiger partial charge in [-0.25, -0.2) is 40.7 Å². The fraction of sp³-hybridized carbons (Fsp3) is 0.500. The van der Waals surface area contributed by atoms with Crippen LogP contribution >= 0.6 is 15.9 Å². The number of methoxy groups -OCH3 is 2. The summed E-state index contributed by atoms with van der Waals surface area (Å²) in [5.41, 5.74) is -2.92. The van der Waals surface area contributed by atoms with E-state index in [1.807, 2.05) is 6.08 Å². The topological polar surface area (TPSA) is 299 Å².